The number of aromatic nitrogens is 1. The molecule has 1 aliphatic carbocycles. The minimum absolute atomic E-state index is 0.157. The van der Waals surface area contributed by atoms with Crippen molar-refractivity contribution in [2.24, 2.45) is 0 Å². The number of hydrogen-bond donors (Lipinski definition) is 5. The molecular formula is C33H37N5O3. The Morgan fingerprint density at radius 1 is 1.05 bits per heavy atom. The Hall–Kier alpha value is -4.40. The number of benzene rings is 3. The molecule has 0 bridgehead atoms. The number of nitrogens with zero attached hydrogens (tertiary/aromatic N) is 1. The fourth-order valence-electron chi connectivity index (χ4n) is 5.66. The Labute approximate surface area is 240 Å². The van der Waals surface area contributed by atoms with E-state index >= 15 is 0 Å². The molecule has 8 nitrogen and oxygen atoms in total. The van der Waals surface area contributed by atoms with Crippen LogP contribution in [0, 0.1) is 0 Å². The standard InChI is InChI=1S/C33H37N5O3/c1-2-34-33(40)36-20-24-7-9-25(10-8-24)22-38(18-17-27-21-35-30-6-4-3-5-28(27)30)31-15-13-26-19-23(11-14-29(26)31)12-16-32(39)37-41/h3-12,14,16,19,21,31,35,41H,2,13,15,17-18,20,22H2,1H3,(H,37,39)(H2,34,36,40)/b16-12+. The monoisotopic (exact) mass is 551 g/mol. The van der Waals surface area contributed by atoms with E-state index in [1.807, 2.05) is 13.0 Å². The van der Waals surface area contributed by atoms with Crippen LogP contribution in [0.2, 0.25) is 0 Å². The van der Waals surface area contributed by atoms with Crippen molar-refractivity contribution in [3.63, 3.8) is 0 Å². The van der Waals surface area contributed by atoms with E-state index in [1.54, 1.807) is 11.6 Å². The van der Waals surface area contributed by atoms with Gasteiger partial charge in [-0.3, -0.25) is 14.9 Å². The first-order valence-corrected chi connectivity index (χ1v) is 14.2. The Morgan fingerprint density at radius 3 is 2.66 bits per heavy atom. The van der Waals surface area contributed by atoms with Gasteiger partial charge in [-0.25, -0.2) is 10.3 Å². The topological polar surface area (TPSA) is 109 Å². The second-order valence-corrected chi connectivity index (χ2v) is 10.4. The molecule has 41 heavy (non-hydrogen) atoms. The number of aryl methyl sites for hydroxylation is 1. The molecule has 0 spiro atoms. The molecule has 5 N–H and O–H groups in total. The second-order valence-electron chi connectivity index (χ2n) is 10.4. The molecule has 0 aliphatic heterocycles. The van der Waals surface area contributed by atoms with Crippen molar-refractivity contribution in [3.8, 4) is 0 Å². The van der Waals surface area contributed by atoms with E-state index in [9.17, 15) is 9.59 Å². The number of amides is 3. The molecule has 5 rings (SSSR count). The van der Waals surface area contributed by atoms with Crippen LogP contribution >= 0.6 is 0 Å². The highest BCUT2D eigenvalue weighted by Crippen LogP contribution is 2.37. The predicted octanol–water partition coefficient (Wildman–Crippen LogP) is 5.24. The van der Waals surface area contributed by atoms with E-state index in [0.29, 0.717) is 13.1 Å². The summed E-state index contributed by atoms with van der Waals surface area (Å²) >= 11 is 0. The van der Waals surface area contributed by atoms with Gasteiger partial charge in [0.05, 0.1) is 0 Å². The zero-order valence-corrected chi connectivity index (χ0v) is 23.3. The first kappa shape index (κ1) is 28.1. The van der Waals surface area contributed by atoms with Crippen LogP contribution in [-0.2, 0) is 30.7 Å². The van der Waals surface area contributed by atoms with Gasteiger partial charge in [0, 0.05) is 55.4 Å². The zero-order valence-electron chi connectivity index (χ0n) is 23.3. The number of H-pyrrole nitrogens is 1. The summed E-state index contributed by atoms with van der Waals surface area (Å²) in [5.74, 6) is -0.544. The number of fused-ring (bicyclic) bond motifs is 2. The SMILES string of the molecule is CCNC(=O)NCc1ccc(CN(CCc2c[nH]c3ccccc23)C2CCc3cc(/C=C/C(=O)NO)ccc32)cc1. The van der Waals surface area contributed by atoms with Crippen LogP contribution in [0.3, 0.4) is 0 Å². The van der Waals surface area contributed by atoms with Crippen molar-refractivity contribution in [3.05, 3.63) is 112 Å². The number of rotatable bonds is 11. The largest absolute Gasteiger partial charge is 0.361 e. The van der Waals surface area contributed by atoms with Gasteiger partial charge >= 0.3 is 6.03 Å². The number of nitrogens with one attached hydrogen (secondary N) is 4. The average Bonchev–Trinajstić information content (AvgIpc) is 3.61. The molecular weight excluding hydrogens is 514 g/mol. The first-order chi connectivity index (χ1) is 20.0. The summed E-state index contributed by atoms with van der Waals surface area (Å²) in [6.45, 7) is 4.71. The summed E-state index contributed by atoms with van der Waals surface area (Å²) in [4.78, 5) is 29.2. The van der Waals surface area contributed by atoms with Crippen LogP contribution in [0.15, 0.2) is 79.0 Å². The third kappa shape index (κ3) is 7.03. The second kappa shape index (κ2) is 13.3. The lowest BCUT2D eigenvalue weighted by atomic mass is 10.0. The van der Waals surface area contributed by atoms with E-state index in [0.717, 1.165) is 49.0 Å². The molecule has 0 fully saturated rings. The van der Waals surface area contributed by atoms with Gasteiger partial charge < -0.3 is 15.6 Å². The molecule has 0 radical (unpaired) electrons. The van der Waals surface area contributed by atoms with E-state index in [4.69, 9.17) is 5.21 Å². The lowest BCUT2D eigenvalue weighted by Gasteiger charge is -2.30. The van der Waals surface area contributed by atoms with E-state index < -0.39 is 5.91 Å². The molecule has 1 unspecified atom stereocenters. The number of para-hydroxylation sites is 1. The van der Waals surface area contributed by atoms with Gasteiger partial charge in [0.25, 0.3) is 5.91 Å². The quantitative estimate of drug-likeness (QED) is 0.0998. The summed E-state index contributed by atoms with van der Waals surface area (Å²) < 4.78 is 0. The van der Waals surface area contributed by atoms with Gasteiger partial charge in [0.1, 0.15) is 0 Å². The van der Waals surface area contributed by atoms with Crippen LogP contribution in [0.25, 0.3) is 17.0 Å². The number of carbonyl (C=O) groups excluding carboxylic acids is 2. The average molecular weight is 552 g/mol. The molecule has 1 aromatic heterocycles. The maximum atomic E-state index is 11.8. The maximum Gasteiger partial charge on any atom is 0.315 e. The van der Waals surface area contributed by atoms with Crippen LogP contribution in [0.1, 0.15) is 52.8 Å². The molecule has 1 aliphatic rings. The summed E-state index contributed by atoms with van der Waals surface area (Å²) in [6.07, 6.45) is 8.11. The maximum absolute atomic E-state index is 11.8. The Bertz CT molecular complexity index is 1530. The number of aromatic amines is 1. The molecule has 1 atom stereocenters. The van der Waals surface area contributed by atoms with Gasteiger partial charge in [-0.05, 0) is 71.7 Å². The molecule has 3 aromatic carbocycles. The molecule has 4 aromatic rings. The third-order valence-electron chi connectivity index (χ3n) is 7.73. The molecule has 0 saturated carbocycles. The van der Waals surface area contributed by atoms with Crippen molar-refractivity contribution >= 4 is 28.9 Å². The van der Waals surface area contributed by atoms with Gasteiger partial charge in [0.2, 0.25) is 0 Å². The van der Waals surface area contributed by atoms with Gasteiger partial charge in [-0.15, -0.1) is 0 Å². The minimum Gasteiger partial charge on any atom is -0.361 e. The lowest BCUT2D eigenvalue weighted by Crippen LogP contribution is -2.34. The van der Waals surface area contributed by atoms with Crippen LogP contribution in [0.5, 0.6) is 0 Å². The summed E-state index contributed by atoms with van der Waals surface area (Å²) in [5.41, 5.74) is 9.97. The molecule has 3 amide bonds. The predicted molar refractivity (Wildman–Crippen MR) is 161 cm³/mol. The van der Waals surface area contributed by atoms with E-state index in [1.165, 1.54) is 33.7 Å². The Balaban J connectivity index is 1.34. The van der Waals surface area contributed by atoms with Crippen molar-refractivity contribution in [2.75, 3.05) is 13.1 Å². The van der Waals surface area contributed by atoms with Crippen molar-refractivity contribution in [1.29, 1.82) is 0 Å². The Kier molecular flexibility index (Phi) is 9.13. The molecule has 212 valence electrons. The zero-order chi connectivity index (χ0) is 28.6. The van der Waals surface area contributed by atoms with Gasteiger partial charge in [-0.2, -0.15) is 0 Å². The van der Waals surface area contributed by atoms with E-state index in [2.05, 4.69) is 87.4 Å². The highest BCUT2D eigenvalue weighted by Gasteiger charge is 2.28. The summed E-state index contributed by atoms with van der Waals surface area (Å²) in [5, 5.41) is 15.7. The van der Waals surface area contributed by atoms with Gasteiger partial charge in [0.15, 0.2) is 0 Å². The number of hydroxylamine groups is 1. The number of urea groups is 1. The van der Waals surface area contributed by atoms with E-state index in [-0.39, 0.29) is 12.1 Å². The smallest absolute Gasteiger partial charge is 0.315 e. The lowest BCUT2D eigenvalue weighted by molar-refractivity contribution is -0.124. The fraction of sp³-hybridized carbons (Fsp3) is 0.273. The number of carbonyl (C=O) groups is 2. The van der Waals surface area contributed by atoms with Crippen molar-refractivity contribution < 1.29 is 14.8 Å². The van der Waals surface area contributed by atoms with Crippen molar-refractivity contribution in [1.82, 2.24) is 26.0 Å². The highest BCUT2D eigenvalue weighted by atomic mass is 16.5. The fourth-order valence-corrected chi connectivity index (χ4v) is 5.66. The molecule has 0 saturated heterocycles. The van der Waals surface area contributed by atoms with Crippen LogP contribution in [0.4, 0.5) is 4.79 Å². The third-order valence-corrected chi connectivity index (χ3v) is 7.73. The summed E-state index contributed by atoms with van der Waals surface area (Å²) in [6, 6.07) is 23.4. The van der Waals surface area contributed by atoms with Crippen LogP contribution < -0.4 is 16.1 Å². The van der Waals surface area contributed by atoms with Crippen molar-refractivity contribution in [2.45, 2.75) is 45.3 Å². The highest BCUT2D eigenvalue weighted by molar-refractivity contribution is 5.90. The molecule has 1 heterocycles. The normalized spacial score (nSPS) is 14.5. The number of hydrogen-bond acceptors (Lipinski definition) is 4. The summed E-state index contributed by atoms with van der Waals surface area (Å²) in [7, 11) is 0. The minimum atomic E-state index is -0.544. The van der Waals surface area contributed by atoms with Crippen LogP contribution in [-0.4, -0.2) is 40.1 Å². The van der Waals surface area contributed by atoms with Gasteiger partial charge in [-0.1, -0.05) is 60.7 Å². The Morgan fingerprint density at radius 2 is 1.85 bits per heavy atom. The first-order valence-electron chi connectivity index (χ1n) is 14.2. The molecule has 8 heteroatoms.